The molecule has 0 heterocycles. The maximum Gasteiger partial charge on any atom is 0.315 e. The highest BCUT2D eigenvalue weighted by Crippen LogP contribution is 2.48. The molecule has 24 heavy (non-hydrogen) atoms. The van der Waals surface area contributed by atoms with Crippen LogP contribution in [0.1, 0.15) is 38.2 Å². The fourth-order valence-electron chi connectivity index (χ4n) is 4.43. The number of carbonyl (C=O) groups is 1. The van der Waals surface area contributed by atoms with Crippen LogP contribution in [0.4, 0.5) is 4.79 Å². The van der Waals surface area contributed by atoms with Crippen molar-refractivity contribution in [3.05, 3.63) is 29.8 Å². The van der Waals surface area contributed by atoms with Crippen LogP contribution in [0.25, 0.3) is 0 Å². The Hall–Kier alpha value is -1.75. The van der Waals surface area contributed by atoms with Gasteiger partial charge in [0, 0.05) is 24.6 Å². The minimum absolute atomic E-state index is 0.0740. The van der Waals surface area contributed by atoms with E-state index in [4.69, 9.17) is 0 Å². The first-order valence-corrected chi connectivity index (χ1v) is 9.02. The van der Waals surface area contributed by atoms with Crippen LogP contribution >= 0.6 is 0 Å². The molecule has 5 heteroatoms. The van der Waals surface area contributed by atoms with Gasteiger partial charge in [-0.15, -0.1) is 0 Å². The Morgan fingerprint density at radius 2 is 1.96 bits per heavy atom. The SMILES string of the molecule is CC(CCc1ccc(O)cc1)NC(=O)NC1C2CCC(C2)C1CO. The number of phenols is 1. The summed E-state index contributed by atoms with van der Waals surface area (Å²) in [5.74, 6) is 1.61. The van der Waals surface area contributed by atoms with E-state index in [9.17, 15) is 15.0 Å². The molecular weight excluding hydrogens is 304 g/mol. The number of carbonyl (C=O) groups excluding carboxylic acids is 1. The second-order valence-corrected chi connectivity index (χ2v) is 7.43. The maximum absolute atomic E-state index is 12.3. The molecule has 1 aromatic carbocycles. The van der Waals surface area contributed by atoms with Crippen molar-refractivity contribution in [3.63, 3.8) is 0 Å². The molecule has 3 rings (SSSR count). The van der Waals surface area contributed by atoms with Crippen LogP contribution in [-0.4, -0.2) is 34.9 Å². The highest BCUT2D eigenvalue weighted by molar-refractivity contribution is 5.74. The van der Waals surface area contributed by atoms with E-state index in [0.717, 1.165) is 24.8 Å². The van der Waals surface area contributed by atoms with E-state index >= 15 is 0 Å². The summed E-state index contributed by atoms with van der Waals surface area (Å²) >= 11 is 0. The minimum atomic E-state index is -0.121. The van der Waals surface area contributed by atoms with Crippen molar-refractivity contribution in [3.8, 4) is 5.75 Å². The highest BCUT2D eigenvalue weighted by Gasteiger charge is 2.47. The lowest BCUT2D eigenvalue weighted by Gasteiger charge is -2.31. The molecule has 4 N–H and O–H groups in total. The quantitative estimate of drug-likeness (QED) is 0.646. The number of fused-ring (bicyclic) bond motifs is 2. The first-order valence-electron chi connectivity index (χ1n) is 9.02. The van der Waals surface area contributed by atoms with Gasteiger partial charge in [0.15, 0.2) is 0 Å². The van der Waals surface area contributed by atoms with Gasteiger partial charge in [-0.1, -0.05) is 12.1 Å². The lowest BCUT2D eigenvalue weighted by atomic mass is 9.85. The Kier molecular flexibility index (Phi) is 5.29. The number of hydrogen-bond acceptors (Lipinski definition) is 3. The molecule has 0 saturated heterocycles. The van der Waals surface area contributed by atoms with Gasteiger partial charge in [-0.2, -0.15) is 0 Å². The molecule has 0 aliphatic heterocycles. The van der Waals surface area contributed by atoms with E-state index < -0.39 is 0 Å². The van der Waals surface area contributed by atoms with E-state index in [-0.39, 0.29) is 36.4 Å². The van der Waals surface area contributed by atoms with Crippen molar-refractivity contribution in [1.29, 1.82) is 0 Å². The molecule has 0 radical (unpaired) electrons. The van der Waals surface area contributed by atoms with Crippen molar-refractivity contribution in [2.45, 2.75) is 51.1 Å². The molecule has 5 atom stereocenters. The fourth-order valence-corrected chi connectivity index (χ4v) is 4.43. The molecule has 2 bridgehead atoms. The number of nitrogens with one attached hydrogen (secondary N) is 2. The van der Waals surface area contributed by atoms with Gasteiger partial charge >= 0.3 is 6.03 Å². The van der Waals surface area contributed by atoms with E-state index in [2.05, 4.69) is 10.6 Å². The van der Waals surface area contributed by atoms with Crippen LogP contribution in [-0.2, 0) is 6.42 Å². The van der Waals surface area contributed by atoms with Crippen LogP contribution in [0.5, 0.6) is 5.75 Å². The minimum Gasteiger partial charge on any atom is -0.508 e. The Morgan fingerprint density at radius 1 is 1.25 bits per heavy atom. The monoisotopic (exact) mass is 332 g/mol. The van der Waals surface area contributed by atoms with E-state index in [1.54, 1.807) is 12.1 Å². The average Bonchev–Trinajstić information content (AvgIpc) is 3.15. The number of amides is 2. The first kappa shape index (κ1) is 17.1. The summed E-state index contributed by atoms with van der Waals surface area (Å²) in [6.45, 7) is 2.17. The molecule has 5 nitrogen and oxygen atoms in total. The molecule has 5 unspecified atom stereocenters. The number of benzene rings is 1. The normalized spacial score (nSPS) is 29.4. The van der Waals surface area contributed by atoms with Gasteiger partial charge in [-0.05, 0) is 68.6 Å². The number of aliphatic hydroxyl groups is 1. The molecule has 2 amide bonds. The number of urea groups is 1. The zero-order chi connectivity index (χ0) is 17.1. The molecule has 2 saturated carbocycles. The van der Waals surface area contributed by atoms with Gasteiger partial charge in [-0.25, -0.2) is 4.79 Å². The van der Waals surface area contributed by atoms with Crippen LogP contribution in [0, 0.1) is 17.8 Å². The molecule has 0 aromatic heterocycles. The Morgan fingerprint density at radius 3 is 2.67 bits per heavy atom. The average molecular weight is 332 g/mol. The molecule has 2 fully saturated rings. The summed E-state index contributed by atoms with van der Waals surface area (Å²) in [5, 5.41) is 25.0. The maximum atomic E-state index is 12.3. The summed E-state index contributed by atoms with van der Waals surface area (Å²) < 4.78 is 0. The largest absolute Gasteiger partial charge is 0.508 e. The molecule has 2 aliphatic rings. The molecular formula is C19H28N2O3. The smallest absolute Gasteiger partial charge is 0.315 e. The van der Waals surface area contributed by atoms with Crippen LogP contribution in [0.2, 0.25) is 0 Å². The Labute approximate surface area is 143 Å². The lowest BCUT2D eigenvalue weighted by Crippen LogP contribution is -2.50. The van der Waals surface area contributed by atoms with Crippen molar-refractivity contribution in [1.82, 2.24) is 10.6 Å². The number of hydrogen-bond donors (Lipinski definition) is 4. The Balaban J connectivity index is 1.43. The number of rotatable bonds is 6. The van der Waals surface area contributed by atoms with Crippen LogP contribution in [0.15, 0.2) is 24.3 Å². The zero-order valence-corrected chi connectivity index (χ0v) is 14.2. The molecule has 2 aliphatic carbocycles. The zero-order valence-electron chi connectivity index (χ0n) is 14.2. The summed E-state index contributed by atoms with van der Waals surface area (Å²) in [6, 6.07) is 7.26. The van der Waals surface area contributed by atoms with Gasteiger partial charge in [0.1, 0.15) is 5.75 Å². The highest BCUT2D eigenvalue weighted by atomic mass is 16.3. The molecule has 0 spiro atoms. The first-order chi connectivity index (χ1) is 11.6. The second-order valence-electron chi connectivity index (χ2n) is 7.43. The number of phenolic OH excluding ortho intramolecular Hbond substituents is 1. The number of aryl methyl sites for hydroxylation is 1. The molecule has 132 valence electrons. The van der Waals surface area contributed by atoms with E-state index in [1.165, 1.54) is 12.8 Å². The van der Waals surface area contributed by atoms with Crippen molar-refractivity contribution in [2.24, 2.45) is 17.8 Å². The van der Waals surface area contributed by atoms with E-state index in [1.807, 2.05) is 19.1 Å². The third-order valence-corrected chi connectivity index (χ3v) is 5.78. The van der Waals surface area contributed by atoms with Crippen molar-refractivity contribution < 1.29 is 15.0 Å². The third kappa shape index (κ3) is 3.83. The van der Waals surface area contributed by atoms with E-state index in [0.29, 0.717) is 11.8 Å². The summed E-state index contributed by atoms with van der Waals surface area (Å²) in [7, 11) is 0. The van der Waals surface area contributed by atoms with Gasteiger partial charge in [0.25, 0.3) is 0 Å². The van der Waals surface area contributed by atoms with Gasteiger partial charge < -0.3 is 20.8 Å². The van der Waals surface area contributed by atoms with Gasteiger partial charge in [-0.3, -0.25) is 0 Å². The van der Waals surface area contributed by atoms with Gasteiger partial charge in [0.05, 0.1) is 0 Å². The standard InChI is InChI=1S/C19H28N2O3/c1-12(2-3-13-4-8-16(23)9-5-13)20-19(24)21-18-15-7-6-14(10-15)17(18)11-22/h4-5,8-9,12,14-15,17-18,22-23H,2-3,6-7,10-11H2,1H3,(H2,20,21,24). The summed E-state index contributed by atoms with van der Waals surface area (Å²) in [4.78, 5) is 12.3. The van der Waals surface area contributed by atoms with Crippen LogP contribution in [0.3, 0.4) is 0 Å². The second kappa shape index (κ2) is 7.43. The Bertz CT molecular complexity index is 560. The summed E-state index contributed by atoms with van der Waals surface area (Å²) in [6.07, 6.45) is 5.21. The molecule has 1 aromatic rings. The van der Waals surface area contributed by atoms with Crippen molar-refractivity contribution >= 4 is 6.03 Å². The third-order valence-electron chi connectivity index (χ3n) is 5.78. The predicted molar refractivity (Wildman–Crippen MR) is 92.8 cm³/mol. The number of aromatic hydroxyl groups is 1. The summed E-state index contributed by atoms with van der Waals surface area (Å²) in [5.41, 5.74) is 1.15. The topological polar surface area (TPSA) is 81.6 Å². The van der Waals surface area contributed by atoms with Crippen molar-refractivity contribution in [2.75, 3.05) is 6.61 Å². The van der Waals surface area contributed by atoms with Crippen LogP contribution < -0.4 is 10.6 Å². The lowest BCUT2D eigenvalue weighted by molar-refractivity contribution is 0.144. The van der Waals surface area contributed by atoms with Gasteiger partial charge in [0.2, 0.25) is 0 Å². The number of aliphatic hydroxyl groups excluding tert-OH is 1. The predicted octanol–water partition coefficient (Wildman–Crippen LogP) is 2.42. The fraction of sp³-hybridized carbons (Fsp3) is 0.632.